The predicted octanol–water partition coefficient (Wildman–Crippen LogP) is 2.51. The minimum Gasteiger partial charge on any atom is -0.389 e. The van der Waals surface area contributed by atoms with Crippen molar-refractivity contribution in [2.24, 2.45) is 11.7 Å². The quantitative estimate of drug-likeness (QED) is 0.788. The van der Waals surface area contributed by atoms with Crippen molar-refractivity contribution < 1.29 is 9.18 Å². The van der Waals surface area contributed by atoms with Crippen LogP contribution in [-0.4, -0.2) is 10.9 Å². The van der Waals surface area contributed by atoms with Gasteiger partial charge >= 0.3 is 0 Å². The number of amides is 1. The van der Waals surface area contributed by atoms with Crippen LogP contribution in [0.5, 0.6) is 0 Å². The van der Waals surface area contributed by atoms with Crippen molar-refractivity contribution in [3.63, 3.8) is 0 Å². The van der Waals surface area contributed by atoms with Gasteiger partial charge in [0.1, 0.15) is 10.8 Å². The van der Waals surface area contributed by atoms with Gasteiger partial charge < -0.3 is 11.1 Å². The maximum absolute atomic E-state index is 13.7. The average molecular weight is 282 g/mol. The second-order valence-corrected chi connectivity index (χ2v) is 5.32. The molecule has 3 N–H and O–H groups in total. The van der Waals surface area contributed by atoms with E-state index in [2.05, 4.69) is 19.2 Å². The first kappa shape index (κ1) is 15.6. The number of benzene rings is 1. The van der Waals surface area contributed by atoms with Crippen LogP contribution in [-0.2, 0) is 11.3 Å². The molecule has 0 radical (unpaired) electrons. The lowest BCUT2D eigenvalue weighted by atomic mass is 10.1. The Morgan fingerprint density at radius 1 is 1.47 bits per heavy atom. The fourth-order valence-electron chi connectivity index (χ4n) is 1.55. The summed E-state index contributed by atoms with van der Waals surface area (Å²) in [5, 5.41) is 2.70. The van der Waals surface area contributed by atoms with E-state index in [1.807, 2.05) is 0 Å². The van der Waals surface area contributed by atoms with Crippen molar-refractivity contribution in [1.29, 1.82) is 0 Å². The Kier molecular flexibility index (Phi) is 5.89. The molecule has 0 saturated heterocycles. The van der Waals surface area contributed by atoms with Gasteiger partial charge in [0.25, 0.3) is 0 Å². The maximum atomic E-state index is 13.7. The van der Waals surface area contributed by atoms with E-state index in [0.717, 1.165) is 6.42 Å². The summed E-state index contributed by atoms with van der Waals surface area (Å²) in [5.74, 6) is 0.00770. The van der Waals surface area contributed by atoms with Crippen molar-refractivity contribution in [2.75, 3.05) is 0 Å². The zero-order valence-electron chi connectivity index (χ0n) is 11.2. The molecule has 1 aromatic carbocycles. The van der Waals surface area contributed by atoms with Gasteiger partial charge in [0.2, 0.25) is 5.91 Å². The third-order valence-corrected chi connectivity index (χ3v) is 3.00. The molecular formula is C14H19FN2OS. The molecule has 0 heterocycles. The number of rotatable bonds is 6. The normalized spacial score (nSPS) is 10.5. The van der Waals surface area contributed by atoms with E-state index in [9.17, 15) is 9.18 Å². The number of thiocarbonyl (C=S) groups is 1. The number of halogens is 1. The summed E-state index contributed by atoms with van der Waals surface area (Å²) >= 11 is 4.77. The molecule has 0 saturated carbocycles. The van der Waals surface area contributed by atoms with Crippen LogP contribution in [0.2, 0.25) is 0 Å². The lowest BCUT2D eigenvalue weighted by molar-refractivity contribution is -0.121. The van der Waals surface area contributed by atoms with Crippen molar-refractivity contribution in [3.05, 3.63) is 35.1 Å². The topological polar surface area (TPSA) is 55.1 Å². The smallest absolute Gasteiger partial charge is 0.220 e. The largest absolute Gasteiger partial charge is 0.389 e. The summed E-state index contributed by atoms with van der Waals surface area (Å²) in [7, 11) is 0. The first-order valence-electron chi connectivity index (χ1n) is 6.25. The minimum absolute atomic E-state index is 0.0634. The van der Waals surface area contributed by atoms with Gasteiger partial charge in [-0.1, -0.05) is 38.2 Å². The first-order chi connectivity index (χ1) is 8.90. The van der Waals surface area contributed by atoms with E-state index in [1.54, 1.807) is 12.1 Å². The number of carbonyl (C=O) groups excluding carboxylic acids is 1. The molecular weight excluding hydrogens is 263 g/mol. The van der Waals surface area contributed by atoms with Gasteiger partial charge in [0.15, 0.2) is 0 Å². The second kappa shape index (κ2) is 7.19. The maximum Gasteiger partial charge on any atom is 0.220 e. The monoisotopic (exact) mass is 282 g/mol. The van der Waals surface area contributed by atoms with Gasteiger partial charge in [-0.05, 0) is 18.4 Å². The van der Waals surface area contributed by atoms with E-state index in [0.29, 0.717) is 23.5 Å². The Morgan fingerprint density at radius 3 is 2.68 bits per heavy atom. The summed E-state index contributed by atoms with van der Waals surface area (Å²) in [6, 6.07) is 4.53. The van der Waals surface area contributed by atoms with Gasteiger partial charge in [-0.25, -0.2) is 4.39 Å². The highest BCUT2D eigenvalue weighted by molar-refractivity contribution is 7.80. The van der Waals surface area contributed by atoms with E-state index < -0.39 is 5.82 Å². The van der Waals surface area contributed by atoms with E-state index in [-0.39, 0.29) is 17.4 Å². The fourth-order valence-corrected chi connectivity index (χ4v) is 1.67. The summed E-state index contributed by atoms with van der Waals surface area (Å²) in [6.07, 6.45) is 1.29. The highest BCUT2D eigenvalue weighted by Gasteiger charge is 2.07. The van der Waals surface area contributed by atoms with Crippen molar-refractivity contribution in [1.82, 2.24) is 5.32 Å². The van der Waals surface area contributed by atoms with Crippen molar-refractivity contribution >= 4 is 23.1 Å². The average Bonchev–Trinajstić information content (AvgIpc) is 2.34. The molecule has 3 nitrogen and oxygen atoms in total. The fraction of sp³-hybridized carbons (Fsp3) is 0.429. The van der Waals surface area contributed by atoms with E-state index in [4.69, 9.17) is 18.0 Å². The number of carbonyl (C=O) groups is 1. The first-order valence-corrected chi connectivity index (χ1v) is 6.66. The Morgan fingerprint density at radius 2 is 2.16 bits per heavy atom. The standard InChI is InChI=1S/C14H19FN2OS/c1-9(2)3-6-13(18)17-8-11-5-4-10(14(16)19)7-12(11)15/h4-5,7,9H,3,6,8H2,1-2H3,(H2,16,19)(H,17,18). The van der Waals surface area contributed by atoms with Crippen LogP contribution >= 0.6 is 12.2 Å². The lowest BCUT2D eigenvalue weighted by Gasteiger charge is -2.08. The van der Waals surface area contributed by atoms with Gasteiger partial charge in [-0.15, -0.1) is 0 Å². The third-order valence-electron chi connectivity index (χ3n) is 2.76. The molecule has 19 heavy (non-hydrogen) atoms. The van der Waals surface area contributed by atoms with Crippen LogP contribution in [0.15, 0.2) is 18.2 Å². The molecule has 0 aliphatic rings. The van der Waals surface area contributed by atoms with Crippen LogP contribution < -0.4 is 11.1 Å². The lowest BCUT2D eigenvalue weighted by Crippen LogP contribution is -2.23. The zero-order chi connectivity index (χ0) is 14.4. The molecule has 0 fully saturated rings. The predicted molar refractivity (Wildman–Crippen MR) is 78.2 cm³/mol. The van der Waals surface area contributed by atoms with Crippen LogP contribution in [0.4, 0.5) is 4.39 Å². The molecule has 5 heteroatoms. The van der Waals surface area contributed by atoms with Crippen LogP contribution in [0, 0.1) is 11.7 Å². The highest BCUT2D eigenvalue weighted by Crippen LogP contribution is 2.11. The molecule has 0 aliphatic heterocycles. The highest BCUT2D eigenvalue weighted by atomic mass is 32.1. The summed E-state index contributed by atoms with van der Waals surface area (Å²) in [6.45, 7) is 4.29. The Hall–Kier alpha value is -1.49. The second-order valence-electron chi connectivity index (χ2n) is 4.88. The van der Waals surface area contributed by atoms with Gasteiger partial charge in [0.05, 0.1) is 0 Å². The molecule has 1 rings (SSSR count). The summed E-state index contributed by atoms with van der Waals surface area (Å²) in [5.41, 5.74) is 6.33. The summed E-state index contributed by atoms with van der Waals surface area (Å²) < 4.78 is 13.7. The minimum atomic E-state index is -0.408. The molecule has 0 spiro atoms. The number of nitrogens with two attached hydrogens (primary N) is 1. The molecule has 0 unspecified atom stereocenters. The van der Waals surface area contributed by atoms with Gasteiger partial charge in [0, 0.05) is 24.1 Å². The van der Waals surface area contributed by atoms with Crippen LogP contribution in [0.1, 0.15) is 37.8 Å². The summed E-state index contributed by atoms with van der Waals surface area (Å²) in [4.78, 5) is 11.7. The Balaban J connectivity index is 2.54. The van der Waals surface area contributed by atoms with Crippen LogP contribution in [0.25, 0.3) is 0 Å². The SMILES string of the molecule is CC(C)CCC(=O)NCc1ccc(C(N)=S)cc1F. The number of hydrogen-bond acceptors (Lipinski definition) is 2. The third kappa shape index (κ3) is 5.34. The molecule has 0 atom stereocenters. The Bertz CT molecular complexity index is 475. The Labute approximate surface area is 118 Å². The molecule has 0 aliphatic carbocycles. The zero-order valence-corrected chi connectivity index (χ0v) is 12.0. The molecule has 0 aromatic heterocycles. The molecule has 1 amide bonds. The number of nitrogens with one attached hydrogen (secondary N) is 1. The van der Waals surface area contributed by atoms with E-state index >= 15 is 0 Å². The van der Waals surface area contributed by atoms with Crippen molar-refractivity contribution in [3.8, 4) is 0 Å². The van der Waals surface area contributed by atoms with Gasteiger partial charge in [-0.2, -0.15) is 0 Å². The van der Waals surface area contributed by atoms with Gasteiger partial charge in [-0.3, -0.25) is 4.79 Å². The number of hydrogen-bond donors (Lipinski definition) is 2. The van der Waals surface area contributed by atoms with Crippen molar-refractivity contribution in [2.45, 2.75) is 33.2 Å². The van der Waals surface area contributed by atoms with E-state index in [1.165, 1.54) is 6.07 Å². The molecule has 1 aromatic rings. The van der Waals surface area contributed by atoms with Crippen LogP contribution in [0.3, 0.4) is 0 Å². The molecule has 104 valence electrons. The molecule has 0 bridgehead atoms.